The topological polar surface area (TPSA) is 58.9 Å². The zero-order valence-corrected chi connectivity index (χ0v) is 6.20. The van der Waals surface area contributed by atoms with Gasteiger partial charge in [0.2, 0.25) is 0 Å². The van der Waals surface area contributed by atoms with Crippen LogP contribution in [0.15, 0.2) is 10.9 Å². The molecule has 0 radical (unpaired) electrons. The summed E-state index contributed by atoms with van der Waals surface area (Å²) in [4.78, 5) is 13.2. The van der Waals surface area contributed by atoms with E-state index < -0.39 is 0 Å². The molecule has 0 aliphatic rings. The normalized spacial score (nSPS) is 9.80. The van der Waals surface area contributed by atoms with Gasteiger partial charge < -0.3 is 10.7 Å². The summed E-state index contributed by atoms with van der Waals surface area (Å²) < 4.78 is 0. The molecule has 0 aliphatic carbocycles. The number of rotatable bonds is 0. The van der Waals surface area contributed by atoms with Crippen LogP contribution in [0.25, 0.3) is 0 Å². The minimum Gasteiger partial charge on any atom is -0.394 e. The van der Waals surface area contributed by atoms with E-state index in [1.807, 2.05) is 0 Å². The van der Waals surface area contributed by atoms with Crippen LogP contribution in [0.1, 0.15) is 5.69 Å². The van der Waals surface area contributed by atoms with E-state index in [0.717, 1.165) is 0 Å². The van der Waals surface area contributed by atoms with Gasteiger partial charge in [-0.25, -0.2) is 0 Å². The summed E-state index contributed by atoms with van der Waals surface area (Å²) in [6.07, 6.45) is 0. The molecule has 0 bridgehead atoms. The summed E-state index contributed by atoms with van der Waals surface area (Å²) in [5.41, 5.74) is 5.76. The Morgan fingerprint density at radius 2 is 2.30 bits per heavy atom. The van der Waals surface area contributed by atoms with Crippen molar-refractivity contribution in [1.82, 2.24) is 4.98 Å². The van der Waals surface area contributed by atoms with E-state index in [2.05, 4.69) is 4.98 Å². The minimum atomic E-state index is -0.290. The van der Waals surface area contributed by atoms with Crippen LogP contribution in [0.2, 0.25) is 5.02 Å². The molecule has 10 heavy (non-hydrogen) atoms. The molecular weight excluding hydrogens is 152 g/mol. The van der Waals surface area contributed by atoms with Crippen LogP contribution < -0.4 is 11.3 Å². The van der Waals surface area contributed by atoms with E-state index in [1.54, 1.807) is 6.92 Å². The fraction of sp³-hybridized carbons (Fsp3) is 0.167. The Hall–Kier alpha value is -0.960. The molecule has 1 aromatic heterocycles. The van der Waals surface area contributed by atoms with Gasteiger partial charge in [0.05, 0.1) is 10.7 Å². The Balaban J connectivity index is 3.43. The van der Waals surface area contributed by atoms with Gasteiger partial charge in [-0.3, -0.25) is 4.79 Å². The highest BCUT2D eigenvalue weighted by Gasteiger charge is 1.98. The lowest BCUT2D eigenvalue weighted by Gasteiger charge is -1.96. The number of H-pyrrole nitrogens is 1. The zero-order valence-electron chi connectivity index (χ0n) is 5.44. The lowest BCUT2D eigenvalue weighted by atomic mass is 10.3. The van der Waals surface area contributed by atoms with E-state index in [4.69, 9.17) is 17.3 Å². The van der Waals surface area contributed by atoms with Crippen molar-refractivity contribution in [2.45, 2.75) is 6.92 Å². The number of pyridine rings is 1. The summed E-state index contributed by atoms with van der Waals surface area (Å²) in [7, 11) is 0. The smallest absolute Gasteiger partial charge is 0.271 e. The standard InChI is InChI=1S/C6H7ClN2O/c1-3-4(7)2-5(8)6(10)9-3/h2H,8H2,1H3,(H,9,10). The molecule has 0 aromatic carbocycles. The second-order valence-corrected chi connectivity index (χ2v) is 2.43. The number of anilines is 1. The second kappa shape index (κ2) is 2.34. The number of hydrogen-bond acceptors (Lipinski definition) is 2. The van der Waals surface area contributed by atoms with Crippen molar-refractivity contribution in [3.8, 4) is 0 Å². The highest BCUT2D eigenvalue weighted by molar-refractivity contribution is 6.31. The molecule has 3 nitrogen and oxygen atoms in total. The fourth-order valence-corrected chi connectivity index (χ4v) is 0.777. The predicted octanol–water partition coefficient (Wildman–Crippen LogP) is 0.919. The van der Waals surface area contributed by atoms with Crippen LogP contribution in [-0.2, 0) is 0 Å². The summed E-state index contributed by atoms with van der Waals surface area (Å²) in [6.45, 7) is 1.71. The van der Waals surface area contributed by atoms with Crippen LogP contribution in [0.3, 0.4) is 0 Å². The Morgan fingerprint density at radius 1 is 1.70 bits per heavy atom. The van der Waals surface area contributed by atoms with Crippen molar-refractivity contribution in [2.24, 2.45) is 0 Å². The molecule has 3 N–H and O–H groups in total. The third-order valence-electron chi connectivity index (χ3n) is 1.20. The highest BCUT2D eigenvalue weighted by atomic mass is 35.5. The van der Waals surface area contributed by atoms with E-state index in [9.17, 15) is 4.79 Å². The van der Waals surface area contributed by atoms with Crippen LogP contribution in [0.5, 0.6) is 0 Å². The Morgan fingerprint density at radius 3 is 2.80 bits per heavy atom. The first-order chi connectivity index (χ1) is 4.61. The predicted molar refractivity (Wildman–Crippen MR) is 41.2 cm³/mol. The van der Waals surface area contributed by atoms with Crippen molar-refractivity contribution in [3.63, 3.8) is 0 Å². The van der Waals surface area contributed by atoms with Crippen molar-refractivity contribution < 1.29 is 0 Å². The van der Waals surface area contributed by atoms with Gasteiger partial charge in [0.1, 0.15) is 0 Å². The molecule has 0 aliphatic heterocycles. The molecule has 0 unspecified atom stereocenters. The summed E-state index contributed by atoms with van der Waals surface area (Å²) in [5, 5.41) is 0.483. The number of hydrogen-bond donors (Lipinski definition) is 2. The molecule has 0 atom stereocenters. The number of nitrogen functional groups attached to an aromatic ring is 1. The summed E-state index contributed by atoms with van der Waals surface area (Å²) >= 11 is 5.64. The van der Waals surface area contributed by atoms with E-state index in [1.165, 1.54) is 6.07 Å². The van der Waals surface area contributed by atoms with Crippen LogP contribution in [-0.4, -0.2) is 4.98 Å². The number of aromatic amines is 1. The maximum absolute atomic E-state index is 10.8. The SMILES string of the molecule is Cc1[nH]c(=O)c(N)cc1Cl. The Kier molecular flexibility index (Phi) is 1.68. The lowest BCUT2D eigenvalue weighted by molar-refractivity contribution is 1.15. The van der Waals surface area contributed by atoms with Gasteiger partial charge in [0, 0.05) is 5.69 Å². The molecule has 0 saturated carbocycles. The Bertz CT molecular complexity index is 305. The Labute approximate surface area is 62.8 Å². The van der Waals surface area contributed by atoms with Crippen molar-refractivity contribution >= 4 is 17.3 Å². The zero-order chi connectivity index (χ0) is 7.72. The molecule has 54 valence electrons. The van der Waals surface area contributed by atoms with Gasteiger partial charge in [-0.2, -0.15) is 0 Å². The number of aryl methyl sites for hydroxylation is 1. The molecule has 0 fully saturated rings. The molecule has 1 aromatic rings. The number of nitrogens with one attached hydrogen (secondary N) is 1. The lowest BCUT2D eigenvalue weighted by Crippen LogP contribution is -2.12. The first kappa shape index (κ1) is 7.15. The first-order valence-corrected chi connectivity index (χ1v) is 3.14. The highest BCUT2D eigenvalue weighted by Crippen LogP contribution is 2.11. The van der Waals surface area contributed by atoms with Crippen LogP contribution >= 0.6 is 11.6 Å². The third kappa shape index (κ3) is 1.14. The summed E-state index contributed by atoms with van der Waals surface area (Å²) in [5.74, 6) is 0. The molecule has 1 rings (SSSR count). The largest absolute Gasteiger partial charge is 0.394 e. The van der Waals surface area contributed by atoms with Crippen molar-refractivity contribution in [1.29, 1.82) is 0 Å². The van der Waals surface area contributed by atoms with E-state index in [0.29, 0.717) is 10.7 Å². The average molecular weight is 159 g/mol. The second-order valence-electron chi connectivity index (χ2n) is 2.03. The van der Waals surface area contributed by atoms with Crippen molar-refractivity contribution in [3.05, 3.63) is 27.1 Å². The van der Waals surface area contributed by atoms with Crippen LogP contribution in [0.4, 0.5) is 5.69 Å². The minimum absolute atomic E-state index is 0.149. The number of halogens is 1. The molecule has 0 saturated heterocycles. The number of aromatic nitrogens is 1. The summed E-state index contributed by atoms with van der Waals surface area (Å²) in [6, 6.07) is 1.44. The van der Waals surface area contributed by atoms with Gasteiger partial charge >= 0.3 is 0 Å². The van der Waals surface area contributed by atoms with E-state index >= 15 is 0 Å². The van der Waals surface area contributed by atoms with E-state index in [-0.39, 0.29) is 11.2 Å². The maximum Gasteiger partial charge on any atom is 0.271 e. The molecule has 0 amide bonds. The average Bonchev–Trinajstić information content (AvgIpc) is 1.84. The van der Waals surface area contributed by atoms with Crippen LogP contribution in [0, 0.1) is 6.92 Å². The van der Waals surface area contributed by atoms with Gasteiger partial charge in [-0.05, 0) is 13.0 Å². The molecular formula is C6H7ClN2O. The first-order valence-electron chi connectivity index (χ1n) is 2.76. The van der Waals surface area contributed by atoms with Gasteiger partial charge in [0.15, 0.2) is 0 Å². The molecule has 0 spiro atoms. The quantitative estimate of drug-likeness (QED) is 0.590. The monoisotopic (exact) mass is 158 g/mol. The maximum atomic E-state index is 10.8. The van der Waals surface area contributed by atoms with Gasteiger partial charge in [0.25, 0.3) is 5.56 Å². The van der Waals surface area contributed by atoms with Gasteiger partial charge in [-0.1, -0.05) is 11.6 Å². The van der Waals surface area contributed by atoms with Crippen molar-refractivity contribution in [2.75, 3.05) is 5.73 Å². The third-order valence-corrected chi connectivity index (χ3v) is 1.60. The fourth-order valence-electron chi connectivity index (χ4n) is 0.612. The molecule has 1 heterocycles. The number of nitrogens with two attached hydrogens (primary N) is 1. The van der Waals surface area contributed by atoms with Gasteiger partial charge in [-0.15, -0.1) is 0 Å². The molecule has 4 heteroatoms.